The maximum absolute atomic E-state index is 12.9. The summed E-state index contributed by atoms with van der Waals surface area (Å²) < 4.78 is 0. The highest BCUT2D eigenvalue weighted by molar-refractivity contribution is 6.30. The molecule has 4 amide bonds. The number of hydrogen-bond acceptors (Lipinski definition) is 6. The van der Waals surface area contributed by atoms with Crippen LogP contribution >= 0.6 is 11.6 Å². The molecule has 1 aromatic carbocycles. The minimum absolute atomic E-state index is 0.0223. The summed E-state index contributed by atoms with van der Waals surface area (Å²) in [6.07, 6.45) is 3.53. The Morgan fingerprint density at radius 2 is 2.00 bits per heavy atom. The molecule has 0 unspecified atom stereocenters. The number of rotatable bonds is 5. The van der Waals surface area contributed by atoms with Crippen molar-refractivity contribution in [2.24, 2.45) is 0 Å². The molecule has 168 valence electrons. The van der Waals surface area contributed by atoms with Crippen LogP contribution < -0.4 is 10.2 Å². The molecular formula is C22H25ClN6O3. The molecule has 0 aliphatic carbocycles. The fourth-order valence-electron chi connectivity index (χ4n) is 4.06. The zero-order valence-corrected chi connectivity index (χ0v) is 18.8. The Bertz CT molecular complexity index is 1040. The van der Waals surface area contributed by atoms with E-state index in [1.54, 1.807) is 4.90 Å². The molecule has 3 heterocycles. The molecule has 2 aromatic rings. The summed E-state index contributed by atoms with van der Waals surface area (Å²) in [5.74, 6) is 0.0705. The number of imide groups is 1. The fourth-order valence-corrected chi connectivity index (χ4v) is 4.19. The number of piperidine rings is 1. The van der Waals surface area contributed by atoms with Gasteiger partial charge in [-0.1, -0.05) is 23.7 Å². The van der Waals surface area contributed by atoms with E-state index in [4.69, 9.17) is 16.6 Å². The third-order valence-corrected chi connectivity index (χ3v) is 5.97. The highest BCUT2D eigenvalue weighted by Gasteiger charge is 2.32. The van der Waals surface area contributed by atoms with Crippen LogP contribution in [0.2, 0.25) is 5.02 Å². The van der Waals surface area contributed by atoms with Gasteiger partial charge in [-0.3, -0.25) is 14.9 Å². The van der Waals surface area contributed by atoms with E-state index in [9.17, 15) is 14.4 Å². The van der Waals surface area contributed by atoms with Gasteiger partial charge in [0.05, 0.1) is 5.69 Å². The van der Waals surface area contributed by atoms with Gasteiger partial charge < -0.3 is 14.7 Å². The highest BCUT2D eigenvalue weighted by Crippen LogP contribution is 2.34. The van der Waals surface area contributed by atoms with Crippen LogP contribution in [0.4, 0.5) is 10.7 Å². The maximum Gasteiger partial charge on any atom is 0.325 e. The van der Waals surface area contributed by atoms with Crippen LogP contribution in [0.5, 0.6) is 0 Å². The zero-order valence-electron chi connectivity index (χ0n) is 18.0. The lowest BCUT2D eigenvalue weighted by Gasteiger charge is -2.34. The van der Waals surface area contributed by atoms with Gasteiger partial charge in [0.15, 0.2) is 0 Å². The maximum atomic E-state index is 12.9. The standard InChI is InChI=1S/C22H25ClN6O3/c1-27(2)21-24-10-17(14-5-7-16(23)8-6-14)20(26-21)15-4-3-9-28(11-15)19(31)13-29-12-18(30)25-22(29)32/h5-8,10,15H,3-4,9,11-13H2,1-2H3,(H,25,30,32)/t15-/m1/s1. The summed E-state index contributed by atoms with van der Waals surface area (Å²) in [7, 11) is 3.78. The molecule has 2 aliphatic rings. The number of urea groups is 1. The van der Waals surface area contributed by atoms with Gasteiger partial charge in [0, 0.05) is 49.9 Å². The number of hydrogen-bond donors (Lipinski definition) is 1. The van der Waals surface area contributed by atoms with Crippen molar-refractivity contribution in [2.75, 3.05) is 45.2 Å². The topological polar surface area (TPSA) is 98.7 Å². The summed E-state index contributed by atoms with van der Waals surface area (Å²) in [5, 5.41) is 2.86. The zero-order chi connectivity index (χ0) is 22.8. The summed E-state index contributed by atoms with van der Waals surface area (Å²) in [6, 6.07) is 7.02. The molecule has 32 heavy (non-hydrogen) atoms. The van der Waals surface area contributed by atoms with Crippen LogP contribution in [0.3, 0.4) is 0 Å². The lowest BCUT2D eigenvalue weighted by molar-refractivity contribution is -0.133. The summed E-state index contributed by atoms with van der Waals surface area (Å²) >= 11 is 6.06. The number of carbonyl (C=O) groups is 3. The minimum Gasteiger partial charge on any atom is -0.347 e. The van der Waals surface area contributed by atoms with Gasteiger partial charge in [-0.05, 0) is 30.5 Å². The normalized spacial score (nSPS) is 18.7. The Balaban J connectivity index is 1.58. The van der Waals surface area contributed by atoms with Crippen molar-refractivity contribution in [3.8, 4) is 11.1 Å². The number of nitrogens with one attached hydrogen (secondary N) is 1. The lowest BCUT2D eigenvalue weighted by Crippen LogP contribution is -2.45. The Morgan fingerprint density at radius 3 is 2.66 bits per heavy atom. The van der Waals surface area contributed by atoms with Crippen LogP contribution in [0.15, 0.2) is 30.5 Å². The molecule has 0 spiro atoms. The molecule has 2 saturated heterocycles. The highest BCUT2D eigenvalue weighted by atomic mass is 35.5. The van der Waals surface area contributed by atoms with Crippen LogP contribution in [0, 0.1) is 0 Å². The SMILES string of the molecule is CN(C)c1ncc(-c2ccc(Cl)cc2)c([C@@H]2CCCN(C(=O)CN3CC(=O)NC3=O)C2)n1. The monoisotopic (exact) mass is 456 g/mol. The van der Waals surface area contributed by atoms with E-state index < -0.39 is 6.03 Å². The van der Waals surface area contributed by atoms with Crippen LogP contribution in [-0.4, -0.2) is 77.9 Å². The number of nitrogens with zero attached hydrogens (tertiary/aromatic N) is 5. The lowest BCUT2D eigenvalue weighted by atomic mass is 9.90. The van der Waals surface area contributed by atoms with Crippen molar-refractivity contribution in [1.82, 2.24) is 25.1 Å². The minimum atomic E-state index is -0.520. The number of halogens is 1. The molecule has 1 N–H and O–H groups in total. The predicted octanol–water partition coefficient (Wildman–Crippen LogP) is 2.12. The first-order valence-electron chi connectivity index (χ1n) is 10.5. The first kappa shape index (κ1) is 22.0. The van der Waals surface area contributed by atoms with Crippen molar-refractivity contribution in [3.05, 3.63) is 41.2 Å². The van der Waals surface area contributed by atoms with Crippen molar-refractivity contribution in [2.45, 2.75) is 18.8 Å². The molecular weight excluding hydrogens is 432 g/mol. The van der Waals surface area contributed by atoms with Crippen molar-refractivity contribution < 1.29 is 14.4 Å². The molecule has 0 radical (unpaired) electrons. The molecule has 2 fully saturated rings. The number of aromatic nitrogens is 2. The second-order valence-corrected chi connectivity index (χ2v) is 8.69. The van der Waals surface area contributed by atoms with Gasteiger partial charge in [0.1, 0.15) is 13.1 Å². The van der Waals surface area contributed by atoms with Crippen LogP contribution in [-0.2, 0) is 9.59 Å². The number of carbonyl (C=O) groups excluding carboxylic acids is 3. The smallest absolute Gasteiger partial charge is 0.325 e. The predicted molar refractivity (Wildman–Crippen MR) is 120 cm³/mol. The molecule has 2 aliphatic heterocycles. The Kier molecular flexibility index (Phi) is 6.27. The van der Waals surface area contributed by atoms with E-state index in [-0.39, 0.29) is 30.8 Å². The second-order valence-electron chi connectivity index (χ2n) is 8.26. The Morgan fingerprint density at radius 1 is 1.25 bits per heavy atom. The van der Waals surface area contributed by atoms with E-state index in [0.29, 0.717) is 24.1 Å². The van der Waals surface area contributed by atoms with E-state index >= 15 is 0 Å². The van der Waals surface area contributed by atoms with Crippen molar-refractivity contribution in [3.63, 3.8) is 0 Å². The van der Waals surface area contributed by atoms with Gasteiger partial charge in [-0.25, -0.2) is 14.8 Å². The largest absolute Gasteiger partial charge is 0.347 e. The molecule has 1 aromatic heterocycles. The quantitative estimate of drug-likeness (QED) is 0.692. The van der Waals surface area contributed by atoms with Gasteiger partial charge in [-0.15, -0.1) is 0 Å². The third-order valence-electron chi connectivity index (χ3n) is 5.72. The van der Waals surface area contributed by atoms with E-state index in [0.717, 1.165) is 29.7 Å². The van der Waals surface area contributed by atoms with Gasteiger partial charge in [0.2, 0.25) is 17.8 Å². The van der Waals surface area contributed by atoms with E-state index in [1.807, 2.05) is 49.5 Å². The Labute approximate surface area is 191 Å². The molecule has 9 nitrogen and oxygen atoms in total. The van der Waals surface area contributed by atoms with E-state index in [2.05, 4.69) is 10.3 Å². The second kappa shape index (κ2) is 9.12. The number of amides is 4. The summed E-state index contributed by atoms with van der Waals surface area (Å²) in [4.78, 5) is 50.3. The Hall–Kier alpha value is -3.20. The van der Waals surface area contributed by atoms with Gasteiger partial charge >= 0.3 is 6.03 Å². The molecule has 1 atom stereocenters. The average Bonchev–Trinajstić information content (AvgIpc) is 3.10. The van der Waals surface area contributed by atoms with Crippen LogP contribution in [0.25, 0.3) is 11.1 Å². The summed E-state index contributed by atoms with van der Waals surface area (Å²) in [5.41, 5.74) is 2.76. The van der Waals surface area contributed by atoms with Crippen molar-refractivity contribution >= 4 is 35.4 Å². The molecule has 0 saturated carbocycles. The molecule has 0 bridgehead atoms. The van der Waals surface area contributed by atoms with Gasteiger partial charge in [0.25, 0.3) is 0 Å². The number of anilines is 1. The number of benzene rings is 1. The molecule has 10 heteroatoms. The van der Waals surface area contributed by atoms with E-state index in [1.165, 1.54) is 4.90 Å². The summed E-state index contributed by atoms with van der Waals surface area (Å²) in [6.45, 7) is 0.912. The first-order valence-corrected chi connectivity index (χ1v) is 10.9. The van der Waals surface area contributed by atoms with Crippen molar-refractivity contribution in [1.29, 1.82) is 0 Å². The van der Waals surface area contributed by atoms with Crippen LogP contribution in [0.1, 0.15) is 24.5 Å². The molecule has 4 rings (SSSR count). The third kappa shape index (κ3) is 4.67. The first-order chi connectivity index (χ1) is 15.3. The van der Waals surface area contributed by atoms with Gasteiger partial charge in [-0.2, -0.15) is 0 Å². The average molecular weight is 457 g/mol. The number of likely N-dealkylation sites (tertiary alicyclic amines) is 1. The fraction of sp³-hybridized carbons (Fsp3) is 0.409.